The number of pyridine rings is 1. The number of benzene rings is 1. The monoisotopic (exact) mass is 260 g/mol. The molecule has 0 bridgehead atoms. The number of amides is 1. The molecule has 2 aromatic rings. The van der Waals surface area contributed by atoms with Crippen LogP contribution in [0, 0.1) is 0 Å². The maximum Gasteiger partial charge on any atom is 0.252 e. The Balaban J connectivity index is 2.43. The van der Waals surface area contributed by atoms with E-state index in [0.717, 1.165) is 11.0 Å². The summed E-state index contributed by atoms with van der Waals surface area (Å²) >= 11 is 5.92. The summed E-state index contributed by atoms with van der Waals surface area (Å²) in [5.41, 5.74) is 2.14. The first-order valence-corrected chi connectivity index (χ1v) is 5.93. The van der Waals surface area contributed by atoms with Crippen LogP contribution in [0.1, 0.15) is 17.3 Å². The van der Waals surface area contributed by atoms with Crippen LogP contribution in [0.25, 0.3) is 10.9 Å². The van der Waals surface area contributed by atoms with Crippen LogP contribution in [-0.2, 0) is 0 Å². The standard InChI is InChI=1S/C14H13ClN2O/c1-9(2)8-16-14(18)11-7-13(15)17-12-6-4-3-5-10(11)12/h3-7H,1,8H2,2H3,(H,16,18). The second-order valence-electron chi connectivity index (χ2n) is 4.15. The molecule has 4 heteroatoms. The van der Waals surface area contributed by atoms with E-state index in [9.17, 15) is 4.79 Å². The molecule has 3 nitrogen and oxygen atoms in total. The summed E-state index contributed by atoms with van der Waals surface area (Å²) in [6.45, 7) is 6.06. The average Bonchev–Trinajstić information content (AvgIpc) is 2.34. The molecule has 1 heterocycles. The highest BCUT2D eigenvalue weighted by atomic mass is 35.5. The van der Waals surface area contributed by atoms with Gasteiger partial charge in [-0.25, -0.2) is 4.98 Å². The molecular weight excluding hydrogens is 248 g/mol. The molecule has 0 aliphatic heterocycles. The second-order valence-corrected chi connectivity index (χ2v) is 4.54. The molecular formula is C14H13ClN2O. The van der Waals surface area contributed by atoms with Crippen LogP contribution in [0.5, 0.6) is 0 Å². The van der Waals surface area contributed by atoms with E-state index in [-0.39, 0.29) is 5.91 Å². The van der Waals surface area contributed by atoms with Gasteiger partial charge in [0.1, 0.15) is 5.15 Å². The molecule has 0 unspecified atom stereocenters. The molecule has 18 heavy (non-hydrogen) atoms. The van der Waals surface area contributed by atoms with E-state index in [4.69, 9.17) is 11.6 Å². The first kappa shape index (κ1) is 12.6. The van der Waals surface area contributed by atoms with Crippen LogP contribution in [0.2, 0.25) is 5.15 Å². The van der Waals surface area contributed by atoms with Crippen molar-refractivity contribution in [3.05, 3.63) is 53.2 Å². The van der Waals surface area contributed by atoms with Crippen molar-refractivity contribution in [2.45, 2.75) is 6.92 Å². The van der Waals surface area contributed by atoms with Gasteiger partial charge in [-0.05, 0) is 19.1 Å². The van der Waals surface area contributed by atoms with Crippen molar-refractivity contribution in [1.82, 2.24) is 10.3 Å². The summed E-state index contributed by atoms with van der Waals surface area (Å²) in [5, 5.41) is 3.90. The van der Waals surface area contributed by atoms with Crippen molar-refractivity contribution in [3.63, 3.8) is 0 Å². The van der Waals surface area contributed by atoms with Crippen LogP contribution in [0.3, 0.4) is 0 Å². The maximum atomic E-state index is 12.1. The first-order chi connectivity index (χ1) is 8.58. The third kappa shape index (κ3) is 2.68. The van der Waals surface area contributed by atoms with Crippen molar-refractivity contribution >= 4 is 28.4 Å². The predicted octanol–water partition coefficient (Wildman–Crippen LogP) is 3.19. The second kappa shape index (κ2) is 5.19. The normalized spacial score (nSPS) is 10.3. The highest BCUT2D eigenvalue weighted by Crippen LogP contribution is 2.20. The summed E-state index contributed by atoms with van der Waals surface area (Å²) < 4.78 is 0. The van der Waals surface area contributed by atoms with Gasteiger partial charge in [-0.15, -0.1) is 0 Å². The number of hydrogen-bond donors (Lipinski definition) is 1. The Morgan fingerprint density at radius 1 is 1.44 bits per heavy atom. The highest BCUT2D eigenvalue weighted by molar-refractivity contribution is 6.30. The smallest absolute Gasteiger partial charge is 0.252 e. The van der Waals surface area contributed by atoms with Gasteiger partial charge in [0.25, 0.3) is 5.91 Å². The Kier molecular flexibility index (Phi) is 3.63. The fourth-order valence-electron chi connectivity index (χ4n) is 1.66. The van der Waals surface area contributed by atoms with E-state index in [1.807, 2.05) is 31.2 Å². The van der Waals surface area contributed by atoms with Crippen LogP contribution in [0.4, 0.5) is 0 Å². The van der Waals surface area contributed by atoms with E-state index in [0.29, 0.717) is 22.8 Å². The van der Waals surface area contributed by atoms with E-state index >= 15 is 0 Å². The maximum absolute atomic E-state index is 12.1. The number of fused-ring (bicyclic) bond motifs is 1. The van der Waals surface area contributed by atoms with Gasteiger partial charge >= 0.3 is 0 Å². The van der Waals surface area contributed by atoms with Gasteiger partial charge in [0.15, 0.2) is 0 Å². The van der Waals surface area contributed by atoms with Crippen LogP contribution in [-0.4, -0.2) is 17.4 Å². The largest absolute Gasteiger partial charge is 0.348 e. The Morgan fingerprint density at radius 3 is 2.89 bits per heavy atom. The Labute approximate surface area is 110 Å². The Morgan fingerprint density at radius 2 is 2.17 bits per heavy atom. The molecule has 1 aromatic heterocycles. The number of carbonyl (C=O) groups is 1. The molecule has 0 radical (unpaired) electrons. The number of halogens is 1. The minimum Gasteiger partial charge on any atom is -0.348 e. The number of carbonyl (C=O) groups excluding carboxylic acids is 1. The van der Waals surface area contributed by atoms with Crippen molar-refractivity contribution in [2.75, 3.05) is 6.54 Å². The summed E-state index contributed by atoms with van der Waals surface area (Å²) in [7, 11) is 0. The quantitative estimate of drug-likeness (QED) is 0.680. The third-order valence-corrected chi connectivity index (χ3v) is 2.67. The lowest BCUT2D eigenvalue weighted by Gasteiger charge is -2.08. The van der Waals surface area contributed by atoms with Gasteiger partial charge in [-0.2, -0.15) is 0 Å². The van der Waals surface area contributed by atoms with E-state index in [1.165, 1.54) is 0 Å². The fourth-order valence-corrected chi connectivity index (χ4v) is 1.86. The van der Waals surface area contributed by atoms with E-state index < -0.39 is 0 Å². The molecule has 1 aromatic carbocycles. The average molecular weight is 261 g/mol. The van der Waals surface area contributed by atoms with Gasteiger partial charge in [0.05, 0.1) is 11.1 Å². The van der Waals surface area contributed by atoms with Gasteiger partial charge in [0.2, 0.25) is 0 Å². The van der Waals surface area contributed by atoms with Gasteiger partial charge in [-0.1, -0.05) is 42.0 Å². The zero-order valence-corrected chi connectivity index (χ0v) is 10.8. The lowest BCUT2D eigenvalue weighted by Crippen LogP contribution is -2.25. The van der Waals surface area contributed by atoms with E-state index in [1.54, 1.807) is 6.07 Å². The zero-order chi connectivity index (χ0) is 13.1. The molecule has 1 N–H and O–H groups in total. The van der Waals surface area contributed by atoms with Crippen LogP contribution < -0.4 is 5.32 Å². The number of para-hydroxylation sites is 1. The fraction of sp³-hybridized carbons (Fsp3) is 0.143. The van der Waals surface area contributed by atoms with Crippen LogP contribution in [0.15, 0.2) is 42.5 Å². The molecule has 0 aliphatic carbocycles. The van der Waals surface area contributed by atoms with Crippen molar-refractivity contribution < 1.29 is 4.79 Å². The minimum atomic E-state index is -0.168. The Bertz CT molecular complexity index is 622. The predicted molar refractivity (Wildman–Crippen MR) is 73.9 cm³/mol. The number of nitrogens with one attached hydrogen (secondary N) is 1. The number of nitrogens with zero attached hydrogens (tertiary/aromatic N) is 1. The number of hydrogen-bond acceptors (Lipinski definition) is 2. The SMILES string of the molecule is C=C(C)CNC(=O)c1cc(Cl)nc2ccccc12. The van der Waals surface area contributed by atoms with Crippen molar-refractivity contribution in [3.8, 4) is 0 Å². The third-order valence-electron chi connectivity index (χ3n) is 2.48. The minimum absolute atomic E-state index is 0.168. The van der Waals surface area contributed by atoms with Gasteiger partial charge in [0, 0.05) is 11.9 Å². The topological polar surface area (TPSA) is 42.0 Å². The summed E-state index contributed by atoms with van der Waals surface area (Å²) in [6.07, 6.45) is 0. The van der Waals surface area contributed by atoms with Crippen molar-refractivity contribution in [2.24, 2.45) is 0 Å². The van der Waals surface area contributed by atoms with Crippen molar-refractivity contribution in [1.29, 1.82) is 0 Å². The molecule has 0 fully saturated rings. The molecule has 1 amide bonds. The van der Waals surface area contributed by atoms with Crippen LogP contribution >= 0.6 is 11.6 Å². The summed E-state index contributed by atoms with van der Waals surface area (Å²) in [6, 6.07) is 9.00. The van der Waals surface area contributed by atoms with E-state index in [2.05, 4.69) is 16.9 Å². The molecule has 0 spiro atoms. The molecule has 0 saturated heterocycles. The molecule has 0 aliphatic rings. The number of aromatic nitrogens is 1. The van der Waals surface area contributed by atoms with Gasteiger partial charge in [-0.3, -0.25) is 4.79 Å². The molecule has 0 atom stereocenters. The molecule has 2 rings (SSSR count). The lowest BCUT2D eigenvalue weighted by molar-refractivity contribution is 0.0958. The number of rotatable bonds is 3. The Hall–Kier alpha value is -1.87. The molecule has 92 valence electrons. The summed E-state index contributed by atoms with van der Waals surface area (Å²) in [5.74, 6) is -0.168. The summed E-state index contributed by atoms with van der Waals surface area (Å²) in [4.78, 5) is 16.3. The van der Waals surface area contributed by atoms with Gasteiger partial charge < -0.3 is 5.32 Å². The zero-order valence-electron chi connectivity index (χ0n) is 10.0. The highest BCUT2D eigenvalue weighted by Gasteiger charge is 2.11. The lowest BCUT2D eigenvalue weighted by atomic mass is 10.1. The molecule has 0 saturated carbocycles. The first-order valence-electron chi connectivity index (χ1n) is 5.56.